The van der Waals surface area contributed by atoms with E-state index in [0.717, 1.165) is 60.7 Å². The first kappa shape index (κ1) is 23.3. The van der Waals surface area contributed by atoms with Crippen molar-refractivity contribution in [3.8, 4) is 23.0 Å². The number of para-hydroxylation sites is 2. The summed E-state index contributed by atoms with van der Waals surface area (Å²) >= 11 is 0. The maximum atomic E-state index is 12.5. The Labute approximate surface area is 202 Å². The molecule has 0 radical (unpaired) electrons. The molecule has 172 valence electrons. The van der Waals surface area contributed by atoms with Gasteiger partial charge >= 0.3 is 0 Å². The molecule has 0 spiro atoms. The molecular formula is C31H30O3. The average Bonchev–Trinajstić information content (AvgIpc) is 2.88. The molecule has 0 N–H and O–H groups in total. The number of hydrogen-bond donors (Lipinski definition) is 0. The van der Waals surface area contributed by atoms with Gasteiger partial charge in [-0.25, -0.2) is 0 Å². The second-order valence-corrected chi connectivity index (χ2v) is 8.34. The number of ketones is 1. The molecule has 4 aromatic rings. The third kappa shape index (κ3) is 7.35. The second-order valence-electron chi connectivity index (χ2n) is 8.34. The Bertz CT molecular complexity index is 1130. The van der Waals surface area contributed by atoms with Crippen molar-refractivity contribution in [3.63, 3.8) is 0 Å². The normalized spacial score (nSPS) is 10.6. The fourth-order valence-corrected chi connectivity index (χ4v) is 3.79. The van der Waals surface area contributed by atoms with E-state index in [1.807, 2.05) is 97.1 Å². The van der Waals surface area contributed by atoms with E-state index in [4.69, 9.17) is 9.47 Å². The molecule has 0 aliphatic heterocycles. The highest BCUT2D eigenvalue weighted by atomic mass is 16.5. The van der Waals surface area contributed by atoms with Gasteiger partial charge in [0.1, 0.15) is 23.0 Å². The summed E-state index contributed by atoms with van der Waals surface area (Å²) in [6.07, 6.45) is 5.87. The predicted octanol–water partition coefficient (Wildman–Crippen LogP) is 8.65. The molecule has 0 saturated heterocycles. The van der Waals surface area contributed by atoms with E-state index >= 15 is 0 Å². The van der Waals surface area contributed by atoms with Crippen molar-refractivity contribution in [1.82, 2.24) is 0 Å². The van der Waals surface area contributed by atoms with Crippen molar-refractivity contribution in [3.05, 3.63) is 120 Å². The number of benzene rings is 4. The number of carbonyl (C=O) groups excluding carboxylic acids is 1. The van der Waals surface area contributed by atoms with Crippen LogP contribution in [0, 0.1) is 0 Å². The zero-order chi connectivity index (χ0) is 23.4. The Balaban J connectivity index is 1.11. The minimum atomic E-state index is 0.195. The summed E-state index contributed by atoms with van der Waals surface area (Å²) in [6, 6.07) is 35.2. The van der Waals surface area contributed by atoms with Gasteiger partial charge in [0.15, 0.2) is 5.78 Å². The number of aryl methyl sites for hydroxylation is 1. The molecule has 4 aromatic carbocycles. The quantitative estimate of drug-likeness (QED) is 0.160. The van der Waals surface area contributed by atoms with Crippen LogP contribution in [-0.4, -0.2) is 5.78 Å². The average molecular weight is 451 g/mol. The minimum Gasteiger partial charge on any atom is -0.457 e. The zero-order valence-electron chi connectivity index (χ0n) is 19.4. The number of carbonyl (C=O) groups is 1. The van der Waals surface area contributed by atoms with Crippen LogP contribution in [0.15, 0.2) is 109 Å². The van der Waals surface area contributed by atoms with Crippen LogP contribution in [0.5, 0.6) is 23.0 Å². The maximum Gasteiger partial charge on any atom is 0.162 e. The molecule has 34 heavy (non-hydrogen) atoms. The molecule has 0 amide bonds. The first-order valence-electron chi connectivity index (χ1n) is 11.9. The molecule has 0 aliphatic carbocycles. The SMILES string of the molecule is O=C(CCCCCCc1ccc(Oc2ccccc2)cc1)c1ccc(Oc2ccccc2)cc1. The van der Waals surface area contributed by atoms with Crippen molar-refractivity contribution in [1.29, 1.82) is 0 Å². The van der Waals surface area contributed by atoms with Crippen LogP contribution in [0.1, 0.15) is 48.0 Å². The lowest BCUT2D eigenvalue weighted by Gasteiger charge is -2.07. The maximum absolute atomic E-state index is 12.5. The van der Waals surface area contributed by atoms with Crippen LogP contribution in [0.3, 0.4) is 0 Å². The molecule has 4 rings (SSSR count). The Morgan fingerprint density at radius 3 is 1.53 bits per heavy atom. The fraction of sp³-hybridized carbons (Fsp3) is 0.194. The third-order valence-corrected chi connectivity index (χ3v) is 5.68. The van der Waals surface area contributed by atoms with E-state index in [1.165, 1.54) is 5.56 Å². The Morgan fingerprint density at radius 2 is 0.971 bits per heavy atom. The van der Waals surface area contributed by atoms with Gasteiger partial charge in [-0.15, -0.1) is 0 Å². The van der Waals surface area contributed by atoms with Crippen LogP contribution in [0.2, 0.25) is 0 Å². The lowest BCUT2D eigenvalue weighted by molar-refractivity contribution is 0.0979. The molecule has 0 heterocycles. The number of rotatable bonds is 12. The van der Waals surface area contributed by atoms with Gasteiger partial charge in [0, 0.05) is 12.0 Å². The van der Waals surface area contributed by atoms with Crippen LogP contribution < -0.4 is 9.47 Å². The first-order chi connectivity index (χ1) is 16.8. The van der Waals surface area contributed by atoms with Crippen LogP contribution in [0.25, 0.3) is 0 Å². The molecule has 0 bridgehead atoms. The van der Waals surface area contributed by atoms with E-state index in [-0.39, 0.29) is 5.78 Å². The van der Waals surface area contributed by atoms with Crippen molar-refractivity contribution < 1.29 is 14.3 Å². The number of Topliss-reactive ketones (excluding diaryl/α,β-unsaturated/α-hetero) is 1. The topological polar surface area (TPSA) is 35.5 Å². The Morgan fingerprint density at radius 1 is 0.500 bits per heavy atom. The monoisotopic (exact) mass is 450 g/mol. The standard InChI is InChI=1S/C31H30O3/c32-31(26-19-23-30(24-20-26)34-28-14-8-4-9-15-28)16-10-2-1-5-11-25-17-21-29(22-18-25)33-27-12-6-3-7-13-27/h3-4,6-9,12-15,17-24H,1-2,5,10-11,16H2. The summed E-state index contributed by atoms with van der Waals surface area (Å²) in [6.45, 7) is 0. The molecule has 3 heteroatoms. The first-order valence-corrected chi connectivity index (χ1v) is 11.9. The zero-order valence-corrected chi connectivity index (χ0v) is 19.4. The highest BCUT2D eigenvalue weighted by molar-refractivity contribution is 5.96. The van der Waals surface area contributed by atoms with Crippen molar-refractivity contribution in [2.45, 2.75) is 38.5 Å². The minimum absolute atomic E-state index is 0.195. The van der Waals surface area contributed by atoms with Crippen LogP contribution in [-0.2, 0) is 6.42 Å². The van der Waals surface area contributed by atoms with E-state index in [2.05, 4.69) is 12.1 Å². The lowest BCUT2D eigenvalue weighted by Crippen LogP contribution is -1.99. The molecule has 0 unspecified atom stereocenters. The highest BCUT2D eigenvalue weighted by Gasteiger charge is 2.06. The summed E-state index contributed by atoms with van der Waals surface area (Å²) in [7, 11) is 0. The summed E-state index contributed by atoms with van der Waals surface area (Å²) in [5.41, 5.74) is 2.06. The predicted molar refractivity (Wildman–Crippen MR) is 137 cm³/mol. The van der Waals surface area contributed by atoms with Crippen molar-refractivity contribution >= 4 is 5.78 Å². The summed E-state index contributed by atoms with van der Waals surface area (Å²) < 4.78 is 11.6. The van der Waals surface area contributed by atoms with Crippen LogP contribution >= 0.6 is 0 Å². The Kier molecular flexibility index (Phi) is 8.51. The number of hydrogen-bond acceptors (Lipinski definition) is 3. The van der Waals surface area contributed by atoms with Gasteiger partial charge in [0.25, 0.3) is 0 Å². The van der Waals surface area contributed by atoms with Gasteiger partial charge in [0.2, 0.25) is 0 Å². The van der Waals surface area contributed by atoms with Gasteiger partial charge in [-0.05, 0) is 85.5 Å². The molecule has 0 aromatic heterocycles. The summed E-state index contributed by atoms with van der Waals surface area (Å²) in [4.78, 5) is 12.5. The molecular weight excluding hydrogens is 420 g/mol. The molecule has 0 aliphatic rings. The molecule has 0 fully saturated rings. The fourth-order valence-electron chi connectivity index (χ4n) is 3.79. The van der Waals surface area contributed by atoms with E-state index in [9.17, 15) is 4.79 Å². The van der Waals surface area contributed by atoms with Gasteiger partial charge in [-0.1, -0.05) is 61.4 Å². The van der Waals surface area contributed by atoms with E-state index < -0.39 is 0 Å². The van der Waals surface area contributed by atoms with Crippen molar-refractivity contribution in [2.24, 2.45) is 0 Å². The third-order valence-electron chi connectivity index (χ3n) is 5.68. The molecule has 0 atom stereocenters. The van der Waals surface area contributed by atoms with Gasteiger partial charge in [0.05, 0.1) is 0 Å². The second kappa shape index (κ2) is 12.4. The van der Waals surface area contributed by atoms with Gasteiger partial charge in [-0.3, -0.25) is 4.79 Å². The van der Waals surface area contributed by atoms with Gasteiger partial charge in [-0.2, -0.15) is 0 Å². The lowest BCUT2D eigenvalue weighted by atomic mass is 10.0. The Hall–Kier alpha value is -3.85. The highest BCUT2D eigenvalue weighted by Crippen LogP contribution is 2.23. The summed E-state index contributed by atoms with van der Waals surface area (Å²) in [5, 5.41) is 0. The molecule has 3 nitrogen and oxygen atoms in total. The largest absolute Gasteiger partial charge is 0.457 e. The molecule has 0 saturated carbocycles. The van der Waals surface area contributed by atoms with Crippen molar-refractivity contribution in [2.75, 3.05) is 0 Å². The van der Waals surface area contributed by atoms with Crippen LogP contribution in [0.4, 0.5) is 0 Å². The van der Waals surface area contributed by atoms with Gasteiger partial charge < -0.3 is 9.47 Å². The van der Waals surface area contributed by atoms with E-state index in [0.29, 0.717) is 6.42 Å². The van der Waals surface area contributed by atoms with E-state index in [1.54, 1.807) is 0 Å². The number of ether oxygens (including phenoxy) is 2. The summed E-state index contributed by atoms with van der Waals surface area (Å²) in [5.74, 6) is 3.43. The smallest absolute Gasteiger partial charge is 0.162 e. The number of unbranched alkanes of at least 4 members (excludes halogenated alkanes) is 3.